The number of furan rings is 1. The van der Waals surface area contributed by atoms with Crippen LogP contribution in [0.25, 0.3) is 0 Å². The van der Waals surface area contributed by atoms with Gasteiger partial charge in [0.1, 0.15) is 12.3 Å². The van der Waals surface area contributed by atoms with Gasteiger partial charge >= 0.3 is 0 Å². The number of nitrogens with one attached hydrogen (secondary N) is 1. The van der Waals surface area contributed by atoms with Crippen LogP contribution in [0.3, 0.4) is 0 Å². The largest absolute Gasteiger partial charge is 0.494 e. The first-order valence-corrected chi connectivity index (χ1v) is 8.95. The smallest absolute Gasteiger partial charge is 0.243 e. The van der Waals surface area contributed by atoms with Crippen LogP contribution in [0, 0.1) is 5.82 Å². The van der Waals surface area contributed by atoms with Gasteiger partial charge in [-0.2, -0.15) is 0 Å². The molecule has 0 bridgehead atoms. The van der Waals surface area contributed by atoms with E-state index in [4.69, 9.17) is 9.15 Å². The molecular weight excluding hydrogens is 490 g/mol. The first-order valence-electron chi connectivity index (χ1n) is 8.95. The Morgan fingerprint density at radius 1 is 1.28 bits per heavy atom. The summed E-state index contributed by atoms with van der Waals surface area (Å²) in [7, 11) is 6.64. The van der Waals surface area contributed by atoms with Crippen LogP contribution < -0.4 is 10.1 Å². The Bertz CT molecular complexity index is 797. The van der Waals surface area contributed by atoms with Crippen LogP contribution in [-0.4, -0.2) is 63.0 Å². The summed E-state index contributed by atoms with van der Waals surface area (Å²) in [5.74, 6) is 1.09. The third kappa shape index (κ3) is 7.92. The SMILES string of the molecule is COc1ccc(CN(C)C(=NCC(=O)N(C)C)NCCc2ccco2)cc1F.I. The molecule has 0 aliphatic carbocycles. The topological polar surface area (TPSA) is 70.3 Å². The molecule has 2 aromatic rings. The standard InChI is InChI=1S/C20H27FN4O3.HI/c1-24(2)19(26)13-23-20(22-10-9-16-6-5-11-28-16)25(3)14-15-7-8-18(27-4)17(21)12-15;/h5-8,11-12H,9-10,13-14H2,1-4H3,(H,22,23);1H. The third-order valence-electron chi connectivity index (χ3n) is 4.10. The molecular formula is C20H28FIN4O3. The van der Waals surface area contributed by atoms with E-state index in [1.807, 2.05) is 24.1 Å². The number of guanidine groups is 1. The summed E-state index contributed by atoms with van der Waals surface area (Å²) >= 11 is 0. The average Bonchev–Trinajstić information content (AvgIpc) is 3.17. The van der Waals surface area contributed by atoms with Crippen LogP contribution in [0.1, 0.15) is 11.3 Å². The Morgan fingerprint density at radius 2 is 2.03 bits per heavy atom. The van der Waals surface area contributed by atoms with Gasteiger partial charge in [-0.05, 0) is 29.8 Å². The molecule has 0 spiro atoms. The first-order chi connectivity index (χ1) is 13.4. The molecule has 160 valence electrons. The summed E-state index contributed by atoms with van der Waals surface area (Å²) in [4.78, 5) is 19.6. The predicted molar refractivity (Wildman–Crippen MR) is 121 cm³/mol. The van der Waals surface area contributed by atoms with Gasteiger partial charge in [0.25, 0.3) is 0 Å². The number of hydrogen-bond donors (Lipinski definition) is 1. The number of methoxy groups -OCH3 is 1. The lowest BCUT2D eigenvalue weighted by molar-refractivity contribution is -0.127. The Kier molecular flexibility index (Phi) is 10.5. The van der Waals surface area contributed by atoms with E-state index >= 15 is 0 Å². The molecule has 0 saturated carbocycles. The zero-order chi connectivity index (χ0) is 20.5. The van der Waals surface area contributed by atoms with E-state index in [-0.39, 0.29) is 42.2 Å². The number of nitrogens with zero attached hydrogens (tertiary/aromatic N) is 3. The quantitative estimate of drug-likeness (QED) is 0.331. The van der Waals surface area contributed by atoms with Crippen molar-refractivity contribution in [1.29, 1.82) is 0 Å². The Labute approximate surface area is 187 Å². The molecule has 1 N–H and O–H groups in total. The van der Waals surface area contributed by atoms with Gasteiger partial charge in [0.2, 0.25) is 5.91 Å². The van der Waals surface area contributed by atoms with Gasteiger partial charge < -0.3 is 24.3 Å². The van der Waals surface area contributed by atoms with Crippen molar-refractivity contribution in [3.05, 3.63) is 53.7 Å². The van der Waals surface area contributed by atoms with Crippen LogP contribution in [0.15, 0.2) is 46.0 Å². The van der Waals surface area contributed by atoms with Crippen molar-refractivity contribution < 1.29 is 18.3 Å². The Hall–Kier alpha value is -2.30. The Balaban J connectivity index is 0.00000420. The molecule has 2 rings (SSSR count). The van der Waals surface area contributed by atoms with Crippen LogP contribution >= 0.6 is 24.0 Å². The second-order valence-corrected chi connectivity index (χ2v) is 6.51. The molecule has 1 aromatic carbocycles. The summed E-state index contributed by atoms with van der Waals surface area (Å²) in [6.07, 6.45) is 2.31. The minimum Gasteiger partial charge on any atom is -0.494 e. The molecule has 1 aromatic heterocycles. The fraction of sp³-hybridized carbons (Fsp3) is 0.400. The summed E-state index contributed by atoms with van der Waals surface area (Å²) in [6.45, 7) is 1.03. The van der Waals surface area contributed by atoms with Crippen molar-refractivity contribution in [1.82, 2.24) is 15.1 Å². The van der Waals surface area contributed by atoms with Crippen LogP contribution in [-0.2, 0) is 17.8 Å². The minimum atomic E-state index is -0.416. The monoisotopic (exact) mass is 518 g/mol. The average molecular weight is 518 g/mol. The number of ether oxygens (including phenoxy) is 1. The van der Waals surface area contributed by atoms with Gasteiger partial charge in [-0.3, -0.25) is 4.79 Å². The van der Waals surface area contributed by atoms with Crippen LogP contribution in [0.5, 0.6) is 5.75 Å². The van der Waals surface area contributed by atoms with E-state index in [0.29, 0.717) is 25.5 Å². The van der Waals surface area contributed by atoms with Crippen molar-refractivity contribution in [2.24, 2.45) is 4.99 Å². The van der Waals surface area contributed by atoms with Crippen molar-refractivity contribution in [3.63, 3.8) is 0 Å². The molecule has 9 heteroatoms. The highest BCUT2D eigenvalue weighted by Gasteiger charge is 2.11. The summed E-state index contributed by atoms with van der Waals surface area (Å²) in [5, 5.41) is 3.24. The normalized spacial score (nSPS) is 10.9. The lowest BCUT2D eigenvalue weighted by Gasteiger charge is -2.23. The number of rotatable bonds is 8. The fourth-order valence-corrected chi connectivity index (χ4v) is 2.50. The number of halogens is 2. The first kappa shape index (κ1) is 24.7. The van der Waals surface area contributed by atoms with Gasteiger partial charge in [0.15, 0.2) is 17.5 Å². The molecule has 0 unspecified atom stereocenters. The van der Waals surface area contributed by atoms with Crippen molar-refractivity contribution >= 4 is 35.8 Å². The van der Waals surface area contributed by atoms with Crippen molar-refractivity contribution in [2.75, 3.05) is 41.3 Å². The minimum absolute atomic E-state index is 0. The number of carbonyl (C=O) groups is 1. The number of hydrogen-bond acceptors (Lipinski definition) is 4. The van der Waals surface area contributed by atoms with Gasteiger partial charge in [0.05, 0.1) is 13.4 Å². The number of likely N-dealkylation sites (N-methyl/N-ethyl adjacent to an activating group) is 1. The van der Waals surface area contributed by atoms with Crippen LogP contribution in [0.4, 0.5) is 4.39 Å². The zero-order valence-corrected chi connectivity index (χ0v) is 19.5. The maximum Gasteiger partial charge on any atom is 0.243 e. The van der Waals surface area contributed by atoms with Gasteiger partial charge in [-0.1, -0.05) is 6.07 Å². The predicted octanol–water partition coefficient (Wildman–Crippen LogP) is 2.75. The molecule has 7 nitrogen and oxygen atoms in total. The second-order valence-electron chi connectivity index (χ2n) is 6.51. The van der Waals surface area contributed by atoms with E-state index < -0.39 is 5.82 Å². The molecule has 0 aliphatic rings. The molecule has 1 amide bonds. The molecule has 29 heavy (non-hydrogen) atoms. The molecule has 0 atom stereocenters. The van der Waals surface area contributed by atoms with E-state index in [0.717, 1.165) is 11.3 Å². The highest BCUT2D eigenvalue weighted by Crippen LogP contribution is 2.18. The zero-order valence-electron chi connectivity index (χ0n) is 17.1. The fourth-order valence-electron chi connectivity index (χ4n) is 2.50. The number of aliphatic imine (C=N–C) groups is 1. The molecule has 0 radical (unpaired) electrons. The number of benzene rings is 1. The molecule has 0 saturated heterocycles. The van der Waals surface area contributed by atoms with Gasteiger partial charge in [0, 0.05) is 40.7 Å². The lowest BCUT2D eigenvalue weighted by Crippen LogP contribution is -2.40. The third-order valence-corrected chi connectivity index (χ3v) is 4.10. The number of amides is 1. The summed E-state index contributed by atoms with van der Waals surface area (Å²) < 4.78 is 24.2. The van der Waals surface area contributed by atoms with Crippen molar-refractivity contribution in [3.8, 4) is 5.75 Å². The molecule has 0 fully saturated rings. The van der Waals surface area contributed by atoms with E-state index in [2.05, 4.69) is 10.3 Å². The van der Waals surface area contributed by atoms with E-state index in [1.54, 1.807) is 32.5 Å². The summed E-state index contributed by atoms with van der Waals surface area (Å²) in [6, 6.07) is 8.56. The Morgan fingerprint density at radius 3 is 2.62 bits per heavy atom. The van der Waals surface area contributed by atoms with Gasteiger partial charge in [-0.25, -0.2) is 9.38 Å². The van der Waals surface area contributed by atoms with E-state index in [9.17, 15) is 9.18 Å². The van der Waals surface area contributed by atoms with E-state index in [1.165, 1.54) is 18.1 Å². The maximum absolute atomic E-state index is 14.0. The molecule has 0 aliphatic heterocycles. The van der Waals surface area contributed by atoms with Gasteiger partial charge in [-0.15, -0.1) is 24.0 Å². The lowest BCUT2D eigenvalue weighted by atomic mass is 10.2. The summed E-state index contributed by atoms with van der Waals surface area (Å²) in [5.41, 5.74) is 0.764. The van der Waals surface area contributed by atoms with Crippen LogP contribution in [0.2, 0.25) is 0 Å². The van der Waals surface area contributed by atoms with Crippen molar-refractivity contribution in [2.45, 2.75) is 13.0 Å². The molecule has 1 heterocycles. The second kappa shape index (κ2) is 12.3. The maximum atomic E-state index is 14.0. The highest BCUT2D eigenvalue weighted by atomic mass is 127. The number of carbonyl (C=O) groups excluding carboxylic acids is 1. The highest BCUT2D eigenvalue weighted by molar-refractivity contribution is 14.0.